The number of rotatable bonds is 4. The molecule has 1 saturated heterocycles. The third kappa shape index (κ3) is 4.05. The van der Waals surface area contributed by atoms with Crippen molar-refractivity contribution in [1.82, 2.24) is 4.72 Å². The zero-order chi connectivity index (χ0) is 15.3. The molecule has 0 spiro atoms. The zero-order valence-corrected chi connectivity index (χ0v) is 12.7. The maximum absolute atomic E-state index is 12.4. The maximum Gasteiger partial charge on any atom is 0.241 e. The Bertz CT molecular complexity index is 645. The van der Waals surface area contributed by atoms with E-state index in [1.165, 1.54) is 6.07 Å². The molecule has 1 aliphatic heterocycles. The van der Waals surface area contributed by atoms with Crippen molar-refractivity contribution in [3.63, 3.8) is 0 Å². The Morgan fingerprint density at radius 3 is 2.86 bits per heavy atom. The van der Waals surface area contributed by atoms with E-state index in [1.54, 1.807) is 18.2 Å². The van der Waals surface area contributed by atoms with Gasteiger partial charge in [-0.25, -0.2) is 13.1 Å². The van der Waals surface area contributed by atoms with Gasteiger partial charge in [0.1, 0.15) is 6.61 Å². The normalized spacial score (nSPS) is 21.8. The number of benzene rings is 1. The molecule has 6 heteroatoms. The number of nitrogens with one attached hydrogen (secondary N) is 1. The van der Waals surface area contributed by atoms with Gasteiger partial charge in [0.15, 0.2) is 0 Å². The van der Waals surface area contributed by atoms with E-state index in [4.69, 9.17) is 9.84 Å². The van der Waals surface area contributed by atoms with Crippen LogP contribution in [-0.2, 0) is 14.8 Å². The van der Waals surface area contributed by atoms with Crippen LogP contribution in [0.25, 0.3) is 0 Å². The van der Waals surface area contributed by atoms with Gasteiger partial charge in [-0.05, 0) is 25.5 Å². The topological polar surface area (TPSA) is 75.6 Å². The Morgan fingerprint density at radius 1 is 1.43 bits per heavy atom. The first-order chi connectivity index (χ1) is 10.0. The van der Waals surface area contributed by atoms with Crippen molar-refractivity contribution < 1.29 is 18.3 Å². The van der Waals surface area contributed by atoms with Crippen molar-refractivity contribution >= 4 is 10.0 Å². The molecule has 1 aliphatic rings. The minimum atomic E-state index is -3.62. The summed E-state index contributed by atoms with van der Waals surface area (Å²) in [5, 5.41) is 8.74. The summed E-state index contributed by atoms with van der Waals surface area (Å²) in [6, 6.07) is 6.50. The molecule has 0 aliphatic carbocycles. The summed E-state index contributed by atoms with van der Waals surface area (Å²) in [6.45, 7) is 2.67. The first kappa shape index (κ1) is 16.0. The monoisotopic (exact) mass is 309 g/mol. The van der Waals surface area contributed by atoms with Crippen LogP contribution in [0.15, 0.2) is 29.2 Å². The van der Waals surface area contributed by atoms with Crippen molar-refractivity contribution in [1.29, 1.82) is 0 Å². The molecule has 0 amide bonds. The number of ether oxygens (including phenoxy) is 1. The van der Waals surface area contributed by atoms with E-state index < -0.39 is 10.0 Å². The molecule has 21 heavy (non-hydrogen) atoms. The number of aliphatic hydroxyl groups excluding tert-OH is 1. The molecule has 1 aromatic rings. The smallest absolute Gasteiger partial charge is 0.241 e. The zero-order valence-electron chi connectivity index (χ0n) is 11.9. The van der Waals surface area contributed by atoms with Crippen molar-refractivity contribution in [3.05, 3.63) is 29.8 Å². The highest BCUT2D eigenvalue weighted by Gasteiger charge is 2.26. The third-order valence-corrected chi connectivity index (χ3v) is 5.03. The average Bonchev–Trinajstić information content (AvgIpc) is 2.89. The van der Waals surface area contributed by atoms with Gasteiger partial charge in [0.25, 0.3) is 0 Å². The molecule has 2 N–H and O–H groups in total. The molecule has 2 unspecified atom stereocenters. The fraction of sp³-hybridized carbons (Fsp3) is 0.467. The lowest BCUT2D eigenvalue weighted by atomic mass is 10.0. The third-order valence-electron chi connectivity index (χ3n) is 3.55. The Labute approximate surface area is 125 Å². The van der Waals surface area contributed by atoms with Crippen LogP contribution in [0.5, 0.6) is 0 Å². The molecule has 0 radical (unpaired) electrons. The quantitative estimate of drug-likeness (QED) is 0.804. The van der Waals surface area contributed by atoms with E-state index in [0.29, 0.717) is 18.7 Å². The van der Waals surface area contributed by atoms with E-state index in [1.807, 2.05) is 6.92 Å². The minimum Gasteiger partial charge on any atom is -0.384 e. The van der Waals surface area contributed by atoms with E-state index >= 15 is 0 Å². The van der Waals surface area contributed by atoms with Crippen LogP contribution in [0.4, 0.5) is 0 Å². The highest BCUT2D eigenvalue weighted by atomic mass is 32.2. The predicted molar refractivity (Wildman–Crippen MR) is 79.1 cm³/mol. The van der Waals surface area contributed by atoms with Gasteiger partial charge < -0.3 is 9.84 Å². The molecule has 0 saturated carbocycles. The molecule has 1 aromatic carbocycles. The van der Waals surface area contributed by atoms with E-state index in [9.17, 15) is 8.42 Å². The Balaban J connectivity index is 2.15. The molecule has 2 atom stereocenters. The highest BCUT2D eigenvalue weighted by molar-refractivity contribution is 7.89. The SMILES string of the molecule is CC1OCCC1CNS(=O)(=O)c1ccccc1C#CCO. The van der Waals surface area contributed by atoms with Crippen LogP contribution in [0.3, 0.4) is 0 Å². The van der Waals surface area contributed by atoms with Gasteiger partial charge in [0.2, 0.25) is 10.0 Å². The number of hydrogen-bond donors (Lipinski definition) is 2. The highest BCUT2D eigenvalue weighted by Crippen LogP contribution is 2.21. The van der Waals surface area contributed by atoms with Crippen molar-refractivity contribution in [2.75, 3.05) is 19.8 Å². The molecule has 5 nitrogen and oxygen atoms in total. The molecule has 0 aromatic heterocycles. The Morgan fingerprint density at radius 2 is 2.19 bits per heavy atom. The average molecular weight is 309 g/mol. The molecule has 114 valence electrons. The predicted octanol–water partition coefficient (Wildman–Crippen LogP) is 0.734. The largest absolute Gasteiger partial charge is 0.384 e. The second-order valence-corrected chi connectivity index (χ2v) is 6.67. The summed E-state index contributed by atoms with van der Waals surface area (Å²) in [5.74, 6) is 5.33. The van der Waals surface area contributed by atoms with Gasteiger partial charge in [0, 0.05) is 24.6 Å². The number of aliphatic hydroxyl groups is 1. The standard InChI is InChI=1S/C15H19NO4S/c1-12-14(8-10-20-12)11-16-21(18,19)15-7-3-2-5-13(15)6-4-9-17/h2-3,5,7,12,14,16-17H,8-11H2,1H3. The van der Waals surface area contributed by atoms with Crippen molar-refractivity contribution in [2.45, 2.75) is 24.3 Å². The first-order valence-electron chi connectivity index (χ1n) is 6.84. The van der Waals surface area contributed by atoms with Crippen LogP contribution in [-0.4, -0.2) is 39.4 Å². The lowest BCUT2D eigenvalue weighted by Gasteiger charge is -2.15. The summed E-state index contributed by atoms with van der Waals surface area (Å²) in [6.07, 6.45) is 0.924. The number of sulfonamides is 1. The maximum atomic E-state index is 12.4. The lowest BCUT2D eigenvalue weighted by Crippen LogP contribution is -2.32. The summed E-state index contributed by atoms with van der Waals surface area (Å²) in [4.78, 5) is 0.137. The molecule has 1 heterocycles. The fourth-order valence-corrected chi connectivity index (χ4v) is 3.53. The second kappa shape index (κ2) is 7.05. The summed E-state index contributed by atoms with van der Waals surface area (Å²) >= 11 is 0. The van der Waals surface area contributed by atoms with Gasteiger partial charge in [-0.3, -0.25) is 0 Å². The molecule has 2 rings (SSSR count). The molecular formula is C15H19NO4S. The van der Waals surface area contributed by atoms with Gasteiger partial charge >= 0.3 is 0 Å². The summed E-state index contributed by atoms with van der Waals surface area (Å²) < 4.78 is 32.8. The molecule has 0 bridgehead atoms. The van der Waals surface area contributed by atoms with Gasteiger partial charge in [-0.2, -0.15) is 0 Å². The molecular weight excluding hydrogens is 290 g/mol. The van der Waals surface area contributed by atoms with Gasteiger partial charge in [-0.15, -0.1) is 0 Å². The first-order valence-corrected chi connectivity index (χ1v) is 8.33. The Kier molecular flexibility index (Phi) is 5.37. The van der Waals surface area contributed by atoms with E-state index in [2.05, 4.69) is 16.6 Å². The summed E-state index contributed by atoms with van der Waals surface area (Å²) in [7, 11) is -3.62. The van der Waals surface area contributed by atoms with Crippen LogP contribution in [0.1, 0.15) is 18.9 Å². The second-order valence-electron chi connectivity index (χ2n) is 4.93. The Hall–Kier alpha value is -1.39. The lowest BCUT2D eigenvalue weighted by molar-refractivity contribution is 0.107. The van der Waals surface area contributed by atoms with Crippen LogP contribution in [0.2, 0.25) is 0 Å². The van der Waals surface area contributed by atoms with E-state index in [0.717, 1.165) is 6.42 Å². The van der Waals surface area contributed by atoms with Crippen LogP contribution in [0, 0.1) is 17.8 Å². The number of hydrogen-bond acceptors (Lipinski definition) is 4. The summed E-state index contributed by atoms with van der Waals surface area (Å²) in [5.41, 5.74) is 0.384. The van der Waals surface area contributed by atoms with Crippen LogP contribution >= 0.6 is 0 Å². The van der Waals surface area contributed by atoms with Gasteiger partial charge in [-0.1, -0.05) is 24.0 Å². The van der Waals surface area contributed by atoms with E-state index in [-0.39, 0.29) is 23.5 Å². The fourth-order valence-electron chi connectivity index (χ4n) is 2.28. The van der Waals surface area contributed by atoms with Crippen molar-refractivity contribution in [3.8, 4) is 11.8 Å². The molecule has 1 fully saturated rings. The van der Waals surface area contributed by atoms with Gasteiger partial charge in [0.05, 0.1) is 11.0 Å². The van der Waals surface area contributed by atoms with Crippen LogP contribution < -0.4 is 4.72 Å². The van der Waals surface area contributed by atoms with Crippen molar-refractivity contribution in [2.24, 2.45) is 5.92 Å². The minimum absolute atomic E-state index is 0.0668.